The van der Waals surface area contributed by atoms with E-state index in [0.29, 0.717) is 11.3 Å². The lowest BCUT2D eigenvalue weighted by molar-refractivity contribution is 0.450. The first-order valence-electron chi connectivity index (χ1n) is 6.93. The van der Waals surface area contributed by atoms with Crippen LogP contribution in [0.3, 0.4) is 0 Å². The fraction of sp³-hybridized carbons (Fsp3) is 0.294. The molecule has 0 aliphatic heterocycles. The van der Waals surface area contributed by atoms with Crippen LogP contribution in [0.15, 0.2) is 59.5 Å². The van der Waals surface area contributed by atoms with Gasteiger partial charge >= 0.3 is 0 Å². The van der Waals surface area contributed by atoms with Crippen LogP contribution in [-0.2, 0) is 16.4 Å². The smallest absolute Gasteiger partial charge is 0.207 e. The standard InChI is InChI=1S/C17H21NO2S/c1-14-9-11-16(12-10-14)21(19,20)18-17(2,3)13-15-7-5-4-6-8-15/h4-12,18H,13H2,1-3H3. The molecule has 0 bridgehead atoms. The van der Waals surface area contributed by atoms with E-state index in [0.717, 1.165) is 11.1 Å². The number of hydrogen-bond donors (Lipinski definition) is 1. The predicted octanol–water partition coefficient (Wildman–Crippen LogP) is 3.29. The number of hydrogen-bond acceptors (Lipinski definition) is 2. The summed E-state index contributed by atoms with van der Waals surface area (Å²) < 4.78 is 27.7. The molecule has 2 rings (SSSR count). The van der Waals surface area contributed by atoms with Gasteiger partial charge in [-0.15, -0.1) is 0 Å². The SMILES string of the molecule is Cc1ccc(S(=O)(=O)NC(C)(C)Cc2ccccc2)cc1. The van der Waals surface area contributed by atoms with Crippen molar-refractivity contribution in [2.75, 3.05) is 0 Å². The number of nitrogens with one attached hydrogen (secondary N) is 1. The molecule has 21 heavy (non-hydrogen) atoms. The molecule has 2 aromatic carbocycles. The molecule has 0 unspecified atom stereocenters. The maximum atomic E-state index is 12.4. The molecule has 4 heteroatoms. The first-order valence-corrected chi connectivity index (χ1v) is 8.41. The Morgan fingerprint density at radius 1 is 0.952 bits per heavy atom. The zero-order valence-corrected chi connectivity index (χ0v) is 13.4. The van der Waals surface area contributed by atoms with Gasteiger partial charge in [0.15, 0.2) is 0 Å². The molecule has 0 amide bonds. The molecule has 0 radical (unpaired) electrons. The van der Waals surface area contributed by atoms with Crippen LogP contribution in [0.5, 0.6) is 0 Å². The lowest BCUT2D eigenvalue weighted by Crippen LogP contribution is -2.44. The summed E-state index contributed by atoms with van der Waals surface area (Å²) in [6.07, 6.45) is 0.638. The van der Waals surface area contributed by atoms with Crippen LogP contribution >= 0.6 is 0 Å². The van der Waals surface area contributed by atoms with Crippen molar-refractivity contribution in [1.29, 1.82) is 0 Å². The molecule has 0 heterocycles. The Labute approximate surface area is 127 Å². The summed E-state index contributed by atoms with van der Waals surface area (Å²) in [6, 6.07) is 16.8. The van der Waals surface area contributed by atoms with Gasteiger partial charge in [-0.1, -0.05) is 48.0 Å². The Morgan fingerprint density at radius 2 is 1.52 bits per heavy atom. The molecule has 0 spiro atoms. The minimum atomic E-state index is -3.50. The van der Waals surface area contributed by atoms with Gasteiger partial charge in [0.05, 0.1) is 4.90 Å². The molecule has 2 aromatic rings. The molecule has 3 nitrogen and oxygen atoms in total. The topological polar surface area (TPSA) is 46.2 Å². The van der Waals surface area contributed by atoms with Crippen LogP contribution in [-0.4, -0.2) is 14.0 Å². The number of sulfonamides is 1. The summed E-state index contributed by atoms with van der Waals surface area (Å²) in [7, 11) is -3.50. The summed E-state index contributed by atoms with van der Waals surface area (Å²) in [5.41, 5.74) is 1.59. The Bertz CT molecular complexity index is 689. The Kier molecular flexibility index (Phi) is 4.49. The Hall–Kier alpha value is -1.65. The first kappa shape index (κ1) is 15.7. The molecular weight excluding hydrogens is 282 g/mol. The summed E-state index contributed by atoms with van der Waals surface area (Å²) in [6.45, 7) is 5.72. The highest BCUT2D eigenvalue weighted by atomic mass is 32.2. The zero-order chi connectivity index (χ0) is 15.5. The van der Waals surface area contributed by atoms with E-state index in [1.807, 2.05) is 51.1 Å². The van der Waals surface area contributed by atoms with Gasteiger partial charge in [0.1, 0.15) is 0 Å². The van der Waals surface area contributed by atoms with E-state index in [-0.39, 0.29) is 0 Å². The molecule has 0 aliphatic carbocycles. The Balaban J connectivity index is 2.17. The summed E-state index contributed by atoms with van der Waals surface area (Å²) in [5.74, 6) is 0. The molecule has 0 saturated carbocycles. The molecule has 0 fully saturated rings. The van der Waals surface area contributed by atoms with E-state index in [4.69, 9.17) is 0 Å². The second-order valence-electron chi connectivity index (χ2n) is 5.96. The van der Waals surface area contributed by atoms with Crippen molar-refractivity contribution >= 4 is 10.0 Å². The van der Waals surface area contributed by atoms with Crippen molar-refractivity contribution in [3.8, 4) is 0 Å². The first-order chi connectivity index (χ1) is 9.78. The number of rotatable bonds is 5. The van der Waals surface area contributed by atoms with E-state index in [1.165, 1.54) is 0 Å². The normalized spacial score (nSPS) is 12.3. The van der Waals surface area contributed by atoms with E-state index < -0.39 is 15.6 Å². The van der Waals surface area contributed by atoms with E-state index in [2.05, 4.69) is 4.72 Å². The summed E-state index contributed by atoms with van der Waals surface area (Å²) in [4.78, 5) is 0.300. The van der Waals surface area contributed by atoms with Crippen LogP contribution in [0.25, 0.3) is 0 Å². The van der Waals surface area contributed by atoms with Gasteiger partial charge in [0.2, 0.25) is 10.0 Å². The van der Waals surface area contributed by atoms with Crippen molar-refractivity contribution in [3.63, 3.8) is 0 Å². The van der Waals surface area contributed by atoms with Crippen molar-refractivity contribution in [3.05, 3.63) is 65.7 Å². The second-order valence-corrected chi connectivity index (χ2v) is 7.65. The zero-order valence-electron chi connectivity index (χ0n) is 12.6. The molecule has 0 saturated heterocycles. The molecule has 112 valence electrons. The second kappa shape index (κ2) is 6.00. The van der Waals surface area contributed by atoms with Gasteiger partial charge in [0, 0.05) is 5.54 Å². The number of benzene rings is 2. The molecule has 1 N–H and O–H groups in total. The van der Waals surface area contributed by atoms with Crippen molar-refractivity contribution in [1.82, 2.24) is 4.72 Å². The predicted molar refractivity (Wildman–Crippen MR) is 85.7 cm³/mol. The lowest BCUT2D eigenvalue weighted by atomic mass is 9.96. The van der Waals surface area contributed by atoms with Crippen LogP contribution in [0.1, 0.15) is 25.0 Å². The highest BCUT2D eigenvalue weighted by molar-refractivity contribution is 7.89. The quantitative estimate of drug-likeness (QED) is 0.921. The van der Waals surface area contributed by atoms with E-state index >= 15 is 0 Å². The monoisotopic (exact) mass is 303 g/mol. The minimum Gasteiger partial charge on any atom is -0.207 e. The fourth-order valence-electron chi connectivity index (χ4n) is 2.28. The van der Waals surface area contributed by atoms with Gasteiger partial charge in [-0.2, -0.15) is 0 Å². The molecule has 0 aliphatic rings. The van der Waals surface area contributed by atoms with Crippen LogP contribution in [0.2, 0.25) is 0 Å². The molecular formula is C17H21NO2S. The van der Waals surface area contributed by atoms with Crippen LogP contribution < -0.4 is 4.72 Å². The van der Waals surface area contributed by atoms with Gasteiger partial charge in [-0.05, 0) is 44.9 Å². The maximum absolute atomic E-state index is 12.4. The maximum Gasteiger partial charge on any atom is 0.241 e. The van der Waals surface area contributed by atoms with E-state index in [9.17, 15) is 8.42 Å². The third-order valence-corrected chi connectivity index (χ3v) is 4.94. The minimum absolute atomic E-state index is 0.300. The summed E-state index contributed by atoms with van der Waals surface area (Å²) >= 11 is 0. The van der Waals surface area contributed by atoms with E-state index in [1.54, 1.807) is 24.3 Å². The van der Waals surface area contributed by atoms with Crippen molar-refractivity contribution in [2.24, 2.45) is 0 Å². The average Bonchev–Trinajstić information content (AvgIpc) is 2.38. The molecule has 0 atom stereocenters. The van der Waals surface area contributed by atoms with Gasteiger partial charge in [-0.25, -0.2) is 13.1 Å². The van der Waals surface area contributed by atoms with Crippen LogP contribution in [0, 0.1) is 6.92 Å². The highest BCUT2D eigenvalue weighted by Gasteiger charge is 2.26. The third-order valence-electron chi connectivity index (χ3n) is 3.23. The lowest BCUT2D eigenvalue weighted by Gasteiger charge is -2.26. The Morgan fingerprint density at radius 3 is 2.10 bits per heavy atom. The van der Waals surface area contributed by atoms with Crippen molar-refractivity contribution < 1.29 is 8.42 Å². The summed E-state index contributed by atoms with van der Waals surface area (Å²) in [5, 5.41) is 0. The van der Waals surface area contributed by atoms with Gasteiger partial charge < -0.3 is 0 Å². The largest absolute Gasteiger partial charge is 0.241 e. The van der Waals surface area contributed by atoms with Crippen LogP contribution in [0.4, 0.5) is 0 Å². The average molecular weight is 303 g/mol. The van der Waals surface area contributed by atoms with Gasteiger partial charge in [0.25, 0.3) is 0 Å². The highest BCUT2D eigenvalue weighted by Crippen LogP contribution is 2.17. The molecule has 0 aromatic heterocycles. The van der Waals surface area contributed by atoms with Crippen molar-refractivity contribution in [2.45, 2.75) is 37.6 Å². The van der Waals surface area contributed by atoms with Gasteiger partial charge in [-0.3, -0.25) is 0 Å². The third kappa shape index (κ3) is 4.41. The fourth-order valence-corrected chi connectivity index (χ4v) is 3.69. The number of aryl methyl sites for hydroxylation is 1.